The normalized spacial score (nSPS) is 19.6. The van der Waals surface area contributed by atoms with Crippen LogP contribution in [0, 0.1) is 0 Å². The molecule has 0 amide bonds. The van der Waals surface area contributed by atoms with Crippen LogP contribution in [0.3, 0.4) is 0 Å². The summed E-state index contributed by atoms with van der Waals surface area (Å²) in [6, 6.07) is 1.000. The van der Waals surface area contributed by atoms with Crippen LogP contribution in [0.15, 0.2) is 25.3 Å². The van der Waals surface area contributed by atoms with E-state index in [-0.39, 0.29) is 46.3 Å². The second kappa shape index (κ2) is 17.0. The second-order valence-corrected chi connectivity index (χ2v) is 16.3. The molecule has 0 radical (unpaired) electrons. The molecule has 14 nitrogen and oxygen atoms in total. The number of ether oxygens (including phenoxy) is 2. The molecule has 0 unspecified atom stereocenters. The quantitative estimate of drug-likeness (QED) is 0.0781. The highest BCUT2D eigenvalue weighted by atomic mass is 16.5. The summed E-state index contributed by atoms with van der Waals surface area (Å²) in [5.74, 6) is 2.04. The first-order chi connectivity index (χ1) is 23.5. The zero-order valence-corrected chi connectivity index (χ0v) is 31.7. The number of hydrogen-bond donors (Lipinski definition) is 6. The minimum absolute atomic E-state index is 0.00139. The van der Waals surface area contributed by atoms with E-state index in [2.05, 4.69) is 130 Å². The molecule has 6 N–H and O–H groups in total. The Bertz CT molecular complexity index is 1280. The van der Waals surface area contributed by atoms with Gasteiger partial charge in [-0.05, 0) is 93.9 Å². The molecule has 14 heteroatoms. The molecule has 4 heterocycles. The van der Waals surface area contributed by atoms with Gasteiger partial charge in [0.1, 0.15) is 13.2 Å². The molecule has 2 aromatic rings. The van der Waals surface area contributed by atoms with Gasteiger partial charge in [0.2, 0.25) is 23.8 Å². The van der Waals surface area contributed by atoms with Gasteiger partial charge in [-0.25, -0.2) is 0 Å². The van der Waals surface area contributed by atoms with Gasteiger partial charge < -0.3 is 41.4 Å². The van der Waals surface area contributed by atoms with Crippen molar-refractivity contribution in [2.45, 2.75) is 141 Å². The number of unbranched alkanes of at least 4 members (excludes halogenated alkanes) is 3. The van der Waals surface area contributed by atoms with Crippen molar-refractivity contribution in [3.63, 3.8) is 0 Å². The van der Waals surface area contributed by atoms with Gasteiger partial charge in [0.05, 0.1) is 0 Å². The molecule has 0 spiro atoms. The summed E-state index contributed by atoms with van der Waals surface area (Å²) < 4.78 is 11.4. The molecule has 2 aliphatic heterocycles. The highest BCUT2D eigenvalue weighted by molar-refractivity contribution is 5.38. The summed E-state index contributed by atoms with van der Waals surface area (Å²) in [7, 11) is 0. The maximum atomic E-state index is 5.69. The second-order valence-electron chi connectivity index (χ2n) is 16.3. The zero-order valence-electron chi connectivity index (χ0n) is 31.7. The smallest absolute Gasteiger partial charge is 0.323 e. The van der Waals surface area contributed by atoms with Crippen LogP contribution in [0.25, 0.3) is 0 Å². The highest BCUT2D eigenvalue weighted by Crippen LogP contribution is 2.31. The average molecular weight is 695 g/mol. The van der Waals surface area contributed by atoms with E-state index in [4.69, 9.17) is 9.47 Å². The van der Waals surface area contributed by atoms with Crippen LogP contribution >= 0.6 is 0 Å². The van der Waals surface area contributed by atoms with Crippen LogP contribution in [-0.4, -0.2) is 90.4 Å². The van der Waals surface area contributed by atoms with E-state index < -0.39 is 0 Å². The van der Waals surface area contributed by atoms with Crippen molar-refractivity contribution in [2.75, 3.05) is 47.6 Å². The molecule has 50 heavy (non-hydrogen) atoms. The molecular formula is C36H62N12O2. The van der Waals surface area contributed by atoms with Gasteiger partial charge in [-0.3, -0.25) is 0 Å². The van der Waals surface area contributed by atoms with Gasteiger partial charge in [-0.1, -0.05) is 38.2 Å². The van der Waals surface area contributed by atoms with E-state index in [0.717, 1.165) is 64.5 Å². The minimum atomic E-state index is 0.00139. The summed E-state index contributed by atoms with van der Waals surface area (Å²) >= 11 is 0. The first kappa shape index (κ1) is 39.0. The van der Waals surface area contributed by atoms with Crippen LogP contribution < -0.4 is 41.4 Å². The highest BCUT2D eigenvalue weighted by Gasteiger charge is 2.39. The number of piperidine rings is 2. The molecule has 2 saturated heterocycles. The molecule has 4 rings (SSSR count). The van der Waals surface area contributed by atoms with Gasteiger partial charge in [-0.15, -0.1) is 0 Å². The Morgan fingerprint density at radius 1 is 0.560 bits per heavy atom. The topological polar surface area (TPSA) is 168 Å². The van der Waals surface area contributed by atoms with Crippen molar-refractivity contribution in [1.29, 1.82) is 0 Å². The Kier molecular flexibility index (Phi) is 13.2. The predicted molar refractivity (Wildman–Crippen MR) is 202 cm³/mol. The summed E-state index contributed by atoms with van der Waals surface area (Å²) in [5, 5.41) is 21.3. The summed E-state index contributed by atoms with van der Waals surface area (Å²) in [4.78, 5) is 27.3. The first-order valence-corrected chi connectivity index (χ1v) is 18.1. The lowest BCUT2D eigenvalue weighted by atomic mass is 9.79. The fourth-order valence-electron chi connectivity index (χ4n) is 7.61. The van der Waals surface area contributed by atoms with Crippen LogP contribution in [0.1, 0.15) is 107 Å². The monoisotopic (exact) mass is 695 g/mol. The Hall–Kier alpha value is -3.78. The van der Waals surface area contributed by atoms with Gasteiger partial charge in [0, 0.05) is 47.3 Å². The number of nitrogens with zero attached hydrogens (tertiary/aromatic N) is 6. The third-order valence-corrected chi connectivity index (χ3v) is 8.61. The van der Waals surface area contributed by atoms with Crippen molar-refractivity contribution in [3.05, 3.63) is 25.3 Å². The van der Waals surface area contributed by atoms with E-state index in [9.17, 15) is 0 Å². The van der Waals surface area contributed by atoms with E-state index >= 15 is 0 Å². The lowest BCUT2D eigenvalue weighted by Crippen LogP contribution is -2.60. The van der Waals surface area contributed by atoms with Crippen LogP contribution in [0.4, 0.5) is 23.8 Å². The number of hydrogen-bond acceptors (Lipinski definition) is 14. The largest absolute Gasteiger partial charge is 0.459 e. The number of aromatic nitrogens is 6. The van der Waals surface area contributed by atoms with E-state index in [1.807, 2.05) is 0 Å². The predicted octanol–water partition coefficient (Wildman–Crippen LogP) is 5.71. The summed E-state index contributed by atoms with van der Waals surface area (Å²) in [6.07, 6.45) is 11.2. The van der Waals surface area contributed by atoms with Crippen molar-refractivity contribution < 1.29 is 9.47 Å². The Morgan fingerprint density at radius 3 is 1.24 bits per heavy atom. The standard InChI is InChI=1S/C36H62N12O2/c1-11-19-49-31-43-27(41-29(45-31)39-25-21-33(3,4)47-34(5,6)22-25)37-17-15-13-14-16-18-38-28-42-30(46-32(44-28)50-20-12-2)40-26-23-35(7,8)48-36(9,10)24-26/h11-12,25-26,47-48H,1-2,13-24H2,3-10H3,(H2,37,39,41,43,45)(H2,38,40,42,44,46). The fourth-order valence-corrected chi connectivity index (χ4v) is 7.61. The first-order valence-electron chi connectivity index (χ1n) is 18.1. The van der Waals surface area contributed by atoms with E-state index in [0.29, 0.717) is 37.0 Å². The fraction of sp³-hybridized carbons (Fsp3) is 0.722. The molecule has 2 aliphatic rings. The molecule has 2 fully saturated rings. The molecule has 278 valence electrons. The molecule has 2 aromatic heterocycles. The molecular weight excluding hydrogens is 632 g/mol. The van der Waals surface area contributed by atoms with Crippen LogP contribution in [0.2, 0.25) is 0 Å². The van der Waals surface area contributed by atoms with Gasteiger partial charge in [0.25, 0.3) is 0 Å². The van der Waals surface area contributed by atoms with Crippen molar-refractivity contribution in [1.82, 2.24) is 40.5 Å². The third-order valence-electron chi connectivity index (χ3n) is 8.61. The minimum Gasteiger partial charge on any atom is -0.459 e. The van der Waals surface area contributed by atoms with Crippen molar-refractivity contribution in [3.8, 4) is 12.0 Å². The summed E-state index contributed by atoms with van der Waals surface area (Å²) in [6.45, 7) is 27.4. The Labute approximate surface area is 299 Å². The Balaban J connectivity index is 1.24. The van der Waals surface area contributed by atoms with Crippen molar-refractivity contribution in [2.24, 2.45) is 0 Å². The lowest BCUT2D eigenvalue weighted by Gasteiger charge is -2.46. The molecule has 0 saturated carbocycles. The number of nitrogens with one attached hydrogen (secondary N) is 6. The lowest BCUT2D eigenvalue weighted by molar-refractivity contribution is 0.169. The van der Waals surface area contributed by atoms with Crippen molar-refractivity contribution >= 4 is 23.8 Å². The third kappa shape index (κ3) is 13.2. The van der Waals surface area contributed by atoms with E-state index in [1.165, 1.54) is 0 Å². The van der Waals surface area contributed by atoms with Crippen LogP contribution in [0.5, 0.6) is 12.0 Å². The number of rotatable bonds is 19. The molecule has 0 bridgehead atoms. The maximum Gasteiger partial charge on any atom is 0.323 e. The summed E-state index contributed by atoms with van der Waals surface area (Å²) in [5.41, 5.74) is 0.00558. The molecule has 0 aliphatic carbocycles. The SMILES string of the molecule is C=CCOc1nc(NCCCCCCNc2nc(NC3CC(C)(C)NC(C)(C)C3)nc(OCC=C)n2)nc(NC2CC(C)(C)NC(C)(C)C2)n1. The zero-order chi connectivity index (χ0) is 36.4. The Morgan fingerprint density at radius 2 is 0.900 bits per heavy atom. The van der Waals surface area contributed by atoms with Crippen LogP contribution in [-0.2, 0) is 0 Å². The average Bonchev–Trinajstić information content (AvgIpc) is 2.97. The van der Waals surface area contributed by atoms with Gasteiger partial charge in [-0.2, -0.15) is 29.9 Å². The van der Waals surface area contributed by atoms with Gasteiger partial charge in [0.15, 0.2) is 0 Å². The maximum absolute atomic E-state index is 5.69. The molecule has 0 aromatic carbocycles. The van der Waals surface area contributed by atoms with Gasteiger partial charge >= 0.3 is 12.0 Å². The number of anilines is 4. The van der Waals surface area contributed by atoms with E-state index in [1.54, 1.807) is 12.2 Å². The molecule has 0 atom stereocenters.